The number of rotatable bonds is 11. The van der Waals surface area contributed by atoms with Crippen molar-refractivity contribution in [1.82, 2.24) is 10.3 Å². The number of nitrogens with one attached hydrogen (secondary N) is 2. The van der Waals surface area contributed by atoms with Crippen LogP contribution in [0.15, 0.2) is 65.3 Å². The second kappa shape index (κ2) is 12.0. The molecule has 0 unspecified atom stereocenters. The first-order valence-electron chi connectivity index (χ1n) is 11.4. The van der Waals surface area contributed by atoms with Crippen LogP contribution in [0, 0.1) is 0 Å². The van der Waals surface area contributed by atoms with Crippen molar-refractivity contribution < 1.29 is 19.4 Å². The van der Waals surface area contributed by atoms with Crippen molar-refractivity contribution in [2.75, 3.05) is 6.61 Å². The van der Waals surface area contributed by atoms with Gasteiger partial charge in [-0.25, -0.2) is 0 Å². The topological polar surface area (TPSA) is 83.6 Å². The Kier molecular flexibility index (Phi) is 8.80. The van der Waals surface area contributed by atoms with E-state index in [1.807, 2.05) is 55.6 Å². The number of carbonyl (C=O) groups is 1. The highest BCUT2D eigenvalue weighted by molar-refractivity contribution is 9.10. The van der Waals surface area contributed by atoms with Crippen LogP contribution >= 0.6 is 39.1 Å². The Labute approximate surface area is 227 Å². The zero-order valence-electron chi connectivity index (χ0n) is 19.5. The van der Waals surface area contributed by atoms with Crippen LogP contribution in [0.25, 0.3) is 10.9 Å². The van der Waals surface area contributed by atoms with E-state index < -0.39 is 12.0 Å². The maximum atomic E-state index is 12.0. The molecule has 0 saturated heterocycles. The molecular weight excluding hydrogens is 567 g/mol. The predicted octanol–water partition coefficient (Wildman–Crippen LogP) is 7.00. The van der Waals surface area contributed by atoms with Crippen molar-refractivity contribution in [2.24, 2.45) is 0 Å². The van der Waals surface area contributed by atoms with Gasteiger partial charge < -0.3 is 24.9 Å². The molecule has 1 atom stereocenters. The molecule has 0 aliphatic carbocycles. The van der Waals surface area contributed by atoms with E-state index in [2.05, 4.69) is 26.2 Å². The first-order chi connectivity index (χ1) is 17.4. The second-order valence-electron chi connectivity index (χ2n) is 8.20. The van der Waals surface area contributed by atoms with Gasteiger partial charge >= 0.3 is 5.97 Å². The number of carboxylic acids is 1. The standard InChI is InChI=1S/C27H25BrCl2N2O4/c1-2-35-25-10-16(9-21(28)26(25)36-15-17-7-8-19(29)12-22(17)30)13-31-24(27(33)34)11-18-14-32-23-6-4-3-5-20(18)23/h3-10,12,14,24,31-32H,2,11,13,15H2,1H3,(H,33,34)/t24-/m0/s1. The van der Waals surface area contributed by atoms with Crippen molar-refractivity contribution in [1.29, 1.82) is 0 Å². The van der Waals surface area contributed by atoms with Gasteiger partial charge in [-0.1, -0.05) is 47.5 Å². The molecule has 36 heavy (non-hydrogen) atoms. The van der Waals surface area contributed by atoms with Crippen LogP contribution in [0.4, 0.5) is 0 Å². The summed E-state index contributed by atoms with van der Waals surface area (Å²) in [5.41, 5.74) is 3.58. The third kappa shape index (κ3) is 6.34. The molecule has 4 aromatic rings. The number of carboxylic acid groups (broad SMARTS) is 1. The molecule has 6 nitrogen and oxygen atoms in total. The minimum atomic E-state index is -0.913. The smallest absolute Gasteiger partial charge is 0.321 e. The number of ether oxygens (including phenoxy) is 2. The van der Waals surface area contributed by atoms with Crippen molar-refractivity contribution in [3.05, 3.63) is 92.0 Å². The fourth-order valence-electron chi connectivity index (χ4n) is 3.92. The lowest BCUT2D eigenvalue weighted by Crippen LogP contribution is -2.38. The summed E-state index contributed by atoms with van der Waals surface area (Å²) in [4.78, 5) is 15.2. The number of H-pyrrole nitrogens is 1. The number of aromatic amines is 1. The highest BCUT2D eigenvalue weighted by atomic mass is 79.9. The van der Waals surface area contributed by atoms with Gasteiger partial charge in [0.1, 0.15) is 12.6 Å². The number of fused-ring (bicyclic) bond motifs is 1. The van der Waals surface area contributed by atoms with E-state index in [4.69, 9.17) is 32.7 Å². The summed E-state index contributed by atoms with van der Waals surface area (Å²) in [5.74, 6) is 0.182. The van der Waals surface area contributed by atoms with Gasteiger partial charge in [-0.3, -0.25) is 4.79 Å². The average molecular weight is 592 g/mol. The molecule has 0 aliphatic heterocycles. The molecule has 3 N–H and O–H groups in total. The lowest BCUT2D eigenvalue weighted by Gasteiger charge is -2.18. The summed E-state index contributed by atoms with van der Waals surface area (Å²) in [6.45, 7) is 2.90. The van der Waals surface area contributed by atoms with Gasteiger partial charge in [-0.05, 0) is 64.3 Å². The molecule has 9 heteroatoms. The first-order valence-corrected chi connectivity index (χ1v) is 12.9. The van der Waals surface area contributed by atoms with Crippen molar-refractivity contribution in [3.8, 4) is 11.5 Å². The number of hydrogen-bond donors (Lipinski definition) is 3. The summed E-state index contributed by atoms with van der Waals surface area (Å²) >= 11 is 15.8. The lowest BCUT2D eigenvalue weighted by molar-refractivity contribution is -0.139. The predicted molar refractivity (Wildman–Crippen MR) is 146 cm³/mol. The molecule has 0 spiro atoms. The largest absolute Gasteiger partial charge is 0.490 e. The summed E-state index contributed by atoms with van der Waals surface area (Å²) in [6.07, 6.45) is 2.22. The van der Waals surface area contributed by atoms with Crippen LogP contribution in [-0.4, -0.2) is 28.7 Å². The molecule has 0 bridgehead atoms. The van der Waals surface area contributed by atoms with Crippen molar-refractivity contribution in [2.45, 2.75) is 32.5 Å². The Morgan fingerprint density at radius 2 is 1.92 bits per heavy atom. The highest BCUT2D eigenvalue weighted by Gasteiger charge is 2.20. The second-order valence-corrected chi connectivity index (χ2v) is 9.90. The Morgan fingerprint density at radius 1 is 1.11 bits per heavy atom. The minimum absolute atomic E-state index is 0.234. The number of hydrogen-bond acceptors (Lipinski definition) is 4. The van der Waals surface area contributed by atoms with Crippen molar-refractivity contribution in [3.63, 3.8) is 0 Å². The number of para-hydroxylation sites is 1. The minimum Gasteiger partial charge on any atom is -0.490 e. The van der Waals surface area contributed by atoms with E-state index >= 15 is 0 Å². The normalized spacial score (nSPS) is 12.0. The molecule has 0 amide bonds. The maximum Gasteiger partial charge on any atom is 0.321 e. The zero-order valence-corrected chi connectivity index (χ0v) is 22.6. The molecule has 188 valence electrons. The molecule has 0 fully saturated rings. The summed E-state index contributed by atoms with van der Waals surface area (Å²) < 4.78 is 12.6. The molecule has 3 aromatic carbocycles. The summed E-state index contributed by atoms with van der Waals surface area (Å²) in [6, 6.07) is 16.1. The van der Waals surface area contributed by atoms with E-state index in [0.29, 0.717) is 45.6 Å². The van der Waals surface area contributed by atoms with E-state index in [0.717, 1.165) is 27.6 Å². The third-order valence-electron chi connectivity index (χ3n) is 5.71. The Bertz CT molecular complexity index is 1380. The van der Waals surface area contributed by atoms with E-state index in [-0.39, 0.29) is 6.61 Å². The molecule has 4 rings (SSSR count). The number of aromatic nitrogens is 1. The Morgan fingerprint density at radius 3 is 2.67 bits per heavy atom. The quantitative estimate of drug-likeness (QED) is 0.175. The van der Waals surface area contributed by atoms with Crippen molar-refractivity contribution >= 4 is 56.0 Å². The average Bonchev–Trinajstić information content (AvgIpc) is 3.25. The van der Waals surface area contributed by atoms with Crippen LogP contribution in [0.3, 0.4) is 0 Å². The van der Waals surface area contributed by atoms with Crippen LogP contribution in [0.5, 0.6) is 11.5 Å². The maximum absolute atomic E-state index is 12.0. The van der Waals surface area contributed by atoms with E-state index in [1.165, 1.54) is 0 Å². The van der Waals surface area contributed by atoms with Gasteiger partial charge in [-0.2, -0.15) is 0 Å². The molecule has 0 aliphatic rings. The van der Waals surface area contributed by atoms with Gasteiger partial charge in [0.2, 0.25) is 0 Å². The van der Waals surface area contributed by atoms with Crippen LogP contribution in [0.1, 0.15) is 23.6 Å². The third-order valence-corrected chi connectivity index (χ3v) is 6.88. The molecule has 1 aromatic heterocycles. The SMILES string of the molecule is CCOc1cc(CN[C@@H](Cc2c[nH]c3ccccc23)C(=O)O)cc(Br)c1OCc1ccc(Cl)cc1Cl. The molecule has 1 heterocycles. The summed E-state index contributed by atoms with van der Waals surface area (Å²) in [7, 11) is 0. The van der Waals surface area contributed by atoms with Crippen LogP contribution in [-0.2, 0) is 24.4 Å². The molecule has 0 saturated carbocycles. The number of aliphatic carboxylic acids is 1. The molecule has 0 radical (unpaired) electrons. The van der Waals surface area contributed by atoms with Crippen LogP contribution in [0.2, 0.25) is 10.0 Å². The van der Waals surface area contributed by atoms with Gasteiger partial charge in [0, 0.05) is 45.7 Å². The monoisotopic (exact) mass is 590 g/mol. The lowest BCUT2D eigenvalue weighted by atomic mass is 10.0. The van der Waals surface area contributed by atoms with E-state index in [9.17, 15) is 9.90 Å². The number of benzene rings is 3. The van der Waals surface area contributed by atoms with Crippen LogP contribution < -0.4 is 14.8 Å². The molecular formula is C27H25BrCl2N2O4. The van der Waals surface area contributed by atoms with Gasteiger partial charge in [0.25, 0.3) is 0 Å². The van der Waals surface area contributed by atoms with E-state index in [1.54, 1.807) is 12.1 Å². The fourth-order valence-corrected chi connectivity index (χ4v) is 4.99. The fraction of sp³-hybridized carbons (Fsp3) is 0.222. The van der Waals surface area contributed by atoms with Gasteiger partial charge in [-0.15, -0.1) is 0 Å². The first kappa shape index (κ1) is 26.4. The van der Waals surface area contributed by atoms with Gasteiger partial charge in [0.15, 0.2) is 11.5 Å². The summed E-state index contributed by atoms with van der Waals surface area (Å²) in [5, 5.41) is 15.1. The Balaban J connectivity index is 1.48. The number of halogens is 3. The van der Waals surface area contributed by atoms with Gasteiger partial charge in [0.05, 0.1) is 11.1 Å². The zero-order chi connectivity index (χ0) is 25.7. The highest BCUT2D eigenvalue weighted by Crippen LogP contribution is 2.38. The Hall–Kier alpha value is -2.71.